The van der Waals surface area contributed by atoms with Crippen molar-refractivity contribution in [1.29, 1.82) is 0 Å². The molecule has 1 N–H and O–H groups in total. The second-order valence-corrected chi connectivity index (χ2v) is 9.51. The van der Waals surface area contributed by atoms with Crippen molar-refractivity contribution < 1.29 is 27.6 Å². The highest BCUT2D eigenvalue weighted by molar-refractivity contribution is 6.63. The Balaban J connectivity index is 0.000000294. The number of halogens is 6. The Hall–Kier alpha value is -3.44. The number of aliphatic carboxylic acids is 1. The molecule has 0 aliphatic heterocycles. The first-order valence-corrected chi connectivity index (χ1v) is 11.9. The summed E-state index contributed by atoms with van der Waals surface area (Å²) >= 11 is 14.4. The lowest BCUT2D eigenvalue weighted by Crippen LogP contribution is -2.37. The Morgan fingerprint density at radius 3 is 1.84 bits per heavy atom. The SMILES string of the molecule is C[n+]1c(C#Cc2c3ccccc3cc3ccccc23)[nH]c2ccccc21.ClC(Cl)Cl.O=C([O-])C(F)(F)F. The molecule has 4 aromatic carbocycles. The van der Waals surface area contributed by atoms with Crippen molar-refractivity contribution in [2.75, 3.05) is 0 Å². The third-order valence-electron chi connectivity index (χ3n) is 5.16. The molecule has 0 saturated carbocycles. The summed E-state index contributed by atoms with van der Waals surface area (Å²) in [5.74, 6) is 4.71. The number of carbonyl (C=O) groups excluding carboxylic acids is 1. The Morgan fingerprint density at radius 2 is 1.35 bits per heavy atom. The highest BCUT2D eigenvalue weighted by Crippen LogP contribution is 2.27. The van der Waals surface area contributed by atoms with E-state index in [1.54, 1.807) is 0 Å². The fraction of sp³-hybridized carbons (Fsp3) is 0.111. The second kappa shape index (κ2) is 12.2. The van der Waals surface area contributed by atoms with Gasteiger partial charge in [-0.2, -0.15) is 13.2 Å². The number of fused-ring (bicyclic) bond motifs is 3. The molecule has 5 rings (SSSR count). The smallest absolute Gasteiger partial charge is 0.430 e. The predicted octanol–water partition coefficient (Wildman–Crippen LogP) is 5.98. The van der Waals surface area contributed by atoms with E-state index in [1.807, 2.05) is 19.2 Å². The maximum Gasteiger partial charge on any atom is 0.430 e. The van der Waals surface area contributed by atoms with Gasteiger partial charge in [0.15, 0.2) is 15.3 Å². The van der Waals surface area contributed by atoms with Gasteiger partial charge in [-0.05, 0) is 39.7 Å². The number of carboxylic acid groups (broad SMARTS) is 1. The summed E-state index contributed by atoms with van der Waals surface area (Å²) in [7, 11) is 2.05. The normalized spacial score (nSPS) is 10.8. The summed E-state index contributed by atoms with van der Waals surface area (Å²) < 4.78 is 32.9. The molecular weight excluding hydrogens is 548 g/mol. The van der Waals surface area contributed by atoms with Crippen LogP contribution in [-0.4, -0.2) is 21.4 Å². The topological polar surface area (TPSA) is 59.8 Å². The molecule has 4 nitrogen and oxygen atoms in total. The van der Waals surface area contributed by atoms with Crippen LogP contribution in [0, 0.1) is 11.8 Å². The van der Waals surface area contributed by atoms with E-state index in [0.29, 0.717) is 0 Å². The van der Waals surface area contributed by atoms with Gasteiger partial charge in [0.2, 0.25) is 0 Å². The molecular formula is C27H18Cl3F3N2O2. The van der Waals surface area contributed by atoms with E-state index >= 15 is 0 Å². The first-order valence-electron chi connectivity index (χ1n) is 10.6. The average molecular weight is 566 g/mol. The van der Waals surface area contributed by atoms with E-state index in [2.05, 4.69) is 88.1 Å². The first-order chi connectivity index (χ1) is 17.5. The van der Waals surface area contributed by atoms with Crippen molar-refractivity contribution in [2.24, 2.45) is 7.05 Å². The summed E-state index contributed by atoms with van der Waals surface area (Å²) in [6.45, 7) is 0. The van der Waals surface area contributed by atoms with Gasteiger partial charge in [0, 0.05) is 11.5 Å². The molecule has 10 heteroatoms. The van der Waals surface area contributed by atoms with Gasteiger partial charge in [-0.1, -0.05) is 101 Å². The quantitative estimate of drug-likeness (QED) is 0.109. The Kier molecular flexibility index (Phi) is 9.28. The molecule has 37 heavy (non-hydrogen) atoms. The number of H-pyrrole nitrogens is 1. The molecule has 0 aliphatic rings. The average Bonchev–Trinajstić information content (AvgIpc) is 3.16. The van der Waals surface area contributed by atoms with Crippen LogP contribution >= 0.6 is 34.8 Å². The Morgan fingerprint density at radius 1 is 0.892 bits per heavy atom. The van der Waals surface area contributed by atoms with Crippen LogP contribution in [0.1, 0.15) is 11.4 Å². The fourth-order valence-electron chi connectivity index (χ4n) is 3.59. The molecule has 5 aromatic rings. The maximum absolute atomic E-state index is 10.5. The first kappa shape index (κ1) is 28.1. The van der Waals surface area contributed by atoms with E-state index in [9.17, 15) is 13.2 Å². The zero-order valence-electron chi connectivity index (χ0n) is 19.1. The molecule has 0 atom stereocenters. The number of hydrogen-bond acceptors (Lipinski definition) is 2. The van der Waals surface area contributed by atoms with E-state index in [4.69, 9.17) is 44.7 Å². The van der Waals surface area contributed by atoms with Gasteiger partial charge < -0.3 is 9.90 Å². The number of aromatic nitrogens is 2. The lowest BCUT2D eigenvalue weighted by Gasteiger charge is -2.06. The van der Waals surface area contributed by atoms with Gasteiger partial charge in [-0.25, -0.2) is 9.55 Å². The molecule has 0 bridgehead atoms. The molecule has 1 heterocycles. The molecule has 0 amide bonds. The van der Waals surface area contributed by atoms with E-state index in [-0.39, 0.29) is 0 Å². The molecule has 1 aromatic heterocycles. The summed E-state index contributed by atoms with van der Waals surface area (Å²) in [6, 6.07) is 27.4. The van der Waals surface area contributed by atoms with Crippen LogP contribution in [0.25, 0.3) is 32.6 Å². The summed E-state index contributed by atoms with van der Waals surface area (Å²) in [6.07, 6.45) is -5.19. The minimum absolute atomic E-state index is 0.750. The van der Waals surface area contributed by atoms with Gasteiger partial charge >= 0.3 is 12.0 Å². The minimum atomic E-state index is -5.19. The van der Waals surface area contributed by atoms with Crippen molar-refractivity contribution in [3.05, 3.63) is 90.3 Å². The van der Waals surface area contributed by atoms with Crippen molar-refractivity contribution in [3.63, 3.8) is 0 Å². The molecule has 0 spiro atoms. The van der Waals surface area contributed by atoms with Crippen molar-refractivity contribution in [3.8, 4) is 11.8 Å². The number of aromatic amines is 1. The number of aryl methyl sites for hydroxylation is 1. The van der Waals surface area contributed by atoms with Crippen LogP contribution < -0.4 is 9.67 Å². The minimum Gasteiger partial charge on any atom is -0.542 e. The largest absolute Gasteiger partial charge is 0.542 e. The van der Waals surface area contributed by atoms with Gasteiger partial charge in [-0.3, -0.25) is 0 Å². The van der Waals surface area contributed by atoms with Crippen LogP contribution in [0.2, 0.25) is 0 Å². The van der Waals surface area contributed by atoms with Crippen molar-refractivity contribution in [1.82, 2.24) is 4.98 Å². The zero-order valence-corrected chi connectivity index (χ0v) is 21.4. The number of hydrogen-bond donors (Lipinski definition) is 1. The lowest BCUT2D eigenvalue weighted by atomic mass is 9.97. The number of nitrogens with zero attached hydrogens (tertiary/aromatic N) is 1. The number of rotatable bonds is 0. The number of benzene rings is 4. The summed E-state index contributed by atoms with van der Waals surface area (Å²) in [5.41, 5.74) is 3.33. The maximum atomic E-state index is 10.5. The molecule has 0 fully saturated rings. The van der Waals surface area contributed by atoms with E-state index in [1.165, 1.54) is 21.5 Å². The Bertz CT molecular complexity index is 1560. The third kappa shape index (κ3) is 7.30. The highest BCUT2D eigenvalue weighted by atomic mass is 35.6. The lowest BCUT2D eigenvalue weighted by molar-refractivity contribution is -0.647. The van der Waals surface area contributed by atoms with Crippen LogP contribution in [0.5, 0.6) is 0 Å². The number of nitrogens with one attached hydrogen (secondary N) is 1. The van der Waals surface area contributed by atoms with Crippen LogP contribution in [-0.2, 0) is 11.8 Å². The number of carbonyl (C=O) groups is 1. The van der Waals surface area contributed by atoms with Gasteiger partial charge in [-0.15, -0.1) is 0 Å². The number of alkyl halides is 6. The van der Waals surface area contributed by atoms with Gasteiger partial charge in [0.05, 0.1) is 7.05 Å². The molecule has 190 valence electrons. The van der Waals surface area contributed by atoms with E-state index < -0.39 is 16.4 Å². The second-order valence-electron chi connectivity index (χ2n) is 7.53. The number of para-hydroxylation sites is 2. The third-order valence-corrected chi connectivity index (χ3v) is 5.16. The standard InChI is InChI=1S/C24H16N2.C2HF3O2.CHCl3/c1-26-23-13-7-6-12-22(23)25-24(26)15-14-21-19-10-4-2-8-17(19)16-18-9-3-5-11-20(18)21;3-2(4,5)1(6)7;2-1(3)4/h2-13,16H,1H3;(H,6,7);1H. The Labute approximate surface area is 225 Å². The summed E-state index contributed by atoms with van der Waals surface area (Å²) in [5, 5.41) is 13.6. The summed E-state index contributed by atoms with van der Waals surface area (Å²) in [4.78, 5) is 12.2. The van der Waals surface area contributed by atoms with Crippen molar-refractivity contribution >= 4 is 73.4 Å². The molecule has 0 unspecified atom stereocenters. The van der Waals surface area contributed by atoms with Crippen LogP contribution in [0.4, 0.5) is 13.2 Å². The molecule has 0 radical (unpaired) electrons. The number of imidazole rings is 1. The zero-order chi connectivity index (χ0) is 27.2. The van der Waals surface area contributed by atoms with Crippen LogP contribution in [0.15, 0.2) is 78.9 Å². The monoisotopic (exact) mass is 564 g/mol. The van der Waals surface area contributed by atoms with Crippen LogP contribution in [0.3, 0.4) is 0 Å². The molecule has 0 saturated heterocycles. The van der Waals surface area contributed by atoms with Crippen molar-refractivity contribution in [2.45, 2.75) is 10.5 Å². The van der Waals surface area contributed by atoms with Gasteiger partial charge in [0.25, 0.3) is 0 Å². The number of carboxylic acids is 1. The highest BCUT2D eigenvalue weighted by Gasteiger charge is 2.28. The molecule has 0 aliphatic carbocycles. The predicted molar refractivity (Wildman–Crippen MR) is 139 cm³/mol. The van der Waals surface area contributed by atoms with E-state index in [0.717, 1.165) is 22.4 Å². The fourth-order valence-corrected chi connectivity index (χ4v) is 3.59. The van der Waals surface area contributed by atoms with Gasteiger partial charge in [0.1, 0.15) is 5.97 Å².